The molecule has 1 aliphatic heterocycles. The molecule has 5 rings (SSSR count). The summed E-state index contributed by atoms with van der Waals surface area (Å²) in [6, 6.07) is 16.5. The first kappa shape index (κ1) is 22.0. The Bertz CT molecular complexity index is 1410. The summed E-state index contributed by atoms with van der Waals surface area (Å²) in [5, 5.41) is 10.2. The van der Waals surface area contributed by atoms with Crippen LogP contribution in [0.4, 0.5) is 10.1 Å². The molecule has 3 aromatic carbocycles. The number of rotatable bonds is 5. The predicted molar refractivity (Wildman–Crippen MR) is 129 cm³/mol. The number of halogens is 1. The van der Waals surface area contributed by atoms with E-state index in [-0.39, 0.29) is 24.9 Å². The summed E-state index contributed by atoms with van der Waals surface area (Å²) >= 11 is 0. The van der Waals surface area contributed by atoms with Gasteiger partial charge in [-0.2, -0.15) is 0 Å². The van der Waals surface area contributed by atoms with Crippen molar-refractivity contribution < 1.29 is 23.4 Å². The van der Waals surface area contributed by atoms with Crippen LogP contribution in [0, 0.1) is 12.7 Å². The van der Waals surface area contributed by atoms with Crippen molar-refractivity contribution in [3.05, 3.63) is 82.9 Å². The first-order valence-electron chi connectivity index (χ1n) is 11.1. The number of para-hydroxylation sites is 1. The average Bonchev–Trinajstić information content (AvgIpc) is 3.19. The number of aliphatic carboxylic acids is 1. The minimum absolute atomic E-state index is 0.0966. The van der Waals surface area contributed by atoms with Gasteiger partial charge in [0.2, 0.25) is 0 Å². The van der Waals surface area contributed by atoms with Crippen LogP contribution in [0.15, 0.2) is 59.0 Å². The molecule has 1 aromatic heterocycles. The van der Waals surface area contributed by atoms with Crippen LogP contribution in [0.25, 0.3) is 22.1 Å². The molecule has 3 N–H and O–H groups in total. The second-order valence-electron chi connectivity index (χ2n) is 8.65. The number of ether oxygens (including phenoxy) is 1. The summed E-state index contributed by atoms with van der Waals surface area (Å²) in [4.78, 5) is 13.4. The number of nitrogens with zero attached hydrogens (tertiary/aromatic N) is 1. The number of fused-ring (bicyclic) bond motifs is 2. The van der Waals surface area contributed by atoms with Gasteiger partial charge in [-0.1, -0.05) is 30.3 Å². The maximum absolute atomic E-state index is 15.3. The highest BCUT2D eigenvalue weighted by atomic mass is 19.1. The molecule has 2 heterocycles. The van der Waals surface area contributed by atoms with Gasteiger partial charge in [0.15, 0.2) is 0 Å². The minimum Gasteiger partial charge on any atom is -0.481 e. The third-order valence-corrected chi connectivity index (χ3v) is 6.25. The first-order chi connectivity index (χ1) is 16.4. The van der Waals surface area contributed by atoms with Crippen molar-refractivity contribution in [1.29, 1.82) is 0 Å². The van der Waals surface area contributed by atoms with Crippen LogP contribution in [0.1, 0.15) is 28.6 Å². The lowest BCUT2D eigenvalue weighted by Crippen LogP contribution is -2.32. The minimum atomic E-state index is -0.922. The zero-order chi connectivity index (χ0) is 24.0. The Morgan fingerprint density at radius 3 is 2.68 bits per heavy atom. The topological polar surface area (TPSA) is 88.9 Å². The number of furan rings is 1. The van der Waals surface area contributed by atoms with E-state index < -0.39 is 5.97 Å². The predicted octanol–water partition coefficient (Wildman–Crippen LogP) is 5.20. The molecule has 0 fully saturated rings. The van der Waals surface area contributed by atoms with Crippen LogP contribution in [0.3, 0.4) is 0 Å². The second kappa shape index (κ2) is 8.50. The lowest BCUT2D eigenvalue weighted by atomic mass is 9.95. The number of likely N-dealkylation sites (N-methyl/N-ethyl adjacent to an activating group) is 1. The normalized spacial score (nSPS) is 15.3. The number of hydrogen-bond donors (Lipinski definition) is 2. The highest BCUT2D eigenvalue weighted by Crippen LogP contribution is 2.42. The molecule has 6 nitrogen and oxygen atoms in total. The first-order valence-corrected chi connectivity index (χ1v) is 11.1. The van der Waals surface area contributed by atoms with Gasteiger partial charge in [0, 0.05) is 41.2 Å². The molecule has 1 aliphatic rings. The number of carbonyl (C=O) groups is 1. The summed E-state index contributed by atoms with van der Waals surface area (Å²) in [5.41, 5.74) is 10.1. The van der Waals surface area contributed by atoms with Crippen molar-refractivity contribution in [3.63, 3.8) is 0 Å². The number of nitrogens with two attached hydrogens (primary N) is 1. The Hall–Kier alpha value is -3.84. The Labute approximate surface area is 196 Å². The van der Waals surface area contributed by atoms with Crippen molar-refractivity contribution in [1.82, 2.24) is 0 Å². The molecule has 4 aromatic rings. The summed E-state index contributed by atoms with van der Waals surface area (Å²) < 4.78 is 27.6. The van der Waals surface area contributed by atoms with Gasteiger partial charge in [-0.05, 0) is 36.8 Å². The Morgan fingerprint density at radius 2 is 1.91 bits per heavy atom. The van der Waals surface area contributed by atoms with Crippen LogP contribution in [-0.2, 0) is 17.8 Å². The molecule has 0 saturated carbocycles. The van der Waals surface area contributed by atoms with Gasteiger partial charge >= 0.3 is 5.97 Å². The van der Waals surface area contributed by atoms with Crippen LogP contribution in [-0.4, -0.2) is 24.7 Å². The Kier molecular flexibility index (Phi) is 5.49. The van der Waals surface area contributed by atoms with E-state index in [1.54, 1.807) is 24.3 Å². The van der Waals surface area contributed by atoms with E-state index in [1.165, 1.54) is 0 Å². The molecule has 0 bridgehead atoms. The van der Waals surface area contributed by atoms with Gasteiger partial charge < -0.3 is 24.9 Å². The van der Waals surface area contributed by atoms with Crippen molar-refractivity contribution in [2.24, 2.45) is 5.73 Å². The van der Waals surface area contributed by atoms with Gasteiger partial charge in [0.1, 0.15) is 29.0 Å². The smallest absolute Gasteiger partial charge is 0.307 e. The second-order valence-corrected chi connectivity index (χ2v) is 8.65. The van der Waals surface area contributed by atoms with E-state index >= 15 is 4.39 Å². The average molecular weight is 461 g/mol. The maximum Gasteiger partial charge on any atom is 0.307 e. The van der Waals surface area contributed by atoms with Gasteiger partial charge in [-0.15, -0.1) is 0 Å². The van der Waals surface area contributed by atoms with Gasteiger partial charge in [0.25, 0.3) is 0 Å². The zero-order valence-corrected chi connectivity index (χ0v) is 19.0. The molecule has 0 spiro atoms. The Morgan fingerprint density at radius 1 is 1.15 bits per heavy atom. The van der Waals surface area contributed by atoms with Crippen LogP contribution < -0.4 is 15.4 Å². The van der Waals surface area contributed by atoms with Crippen LogP contribution in [0.5, 0.6) is 5.75 Å². The molecule has 34 heavy (non-hydrogen) atoms. The number of anilines is 1. The molecule has 174 valence electrons. The number of carboxylic acids is 1. The summed E-state index contributed by atoms with van der Waals surface area (Å²) in [5.74, 6) is -0.00701. The Balaban J connectivity index is 1.64. The molecule has 1 unspecified atom stereocenters. The highest BCUT2D eigenvalue weighted by Gasteiger charge is 2.29. The maximum atomic E-state index is 15.3. The highest BCUT2D eigenvalue weighted by molar-refractivity contribution is 5.94. The molecular weight excluding hydrogens is 435 g/mol. The van der Waals surface area contributed by atoms with Gasteiger partial charge in [-0.25, -0.2) is 4.39 Å². The molecule has 0 radical (unpaired) electrons. The standard InChI is InChI=1S/C27H25FN2O4/c1-15-9-19-10-18(11-21(26(19)33-15)20-7-3-6-17(13-29)25(20)28)23-14-30(2)22-8-4-5-16(12-24(31)32)27(22)34-23/h3-11,23H,12-14,29H2,1-2H3,(H,31,32). The van der Waals surface area contributed by atoms with Crippen molar-refractivity contribution in [2.45, 2.75) is 26.0 Å². The number of carboxylic acid groups (broad SMARTS) is 1. The molecule has 7 heteroatoms. The van der Waals surface area contributed by atoms with E-state index in [0.717, 1.165) is 22.4 Å². The van der Waals surface area contributed by atoms with Crippen molar-refractivity contribution >= 4 is 22.6 Å². The quantitative estimate of drug-likeness (QED) is 0.425. The molecule has 0 saturated heterocycles. The van der Waals surface area contributed by atoms with Crippen LogP contribution >= 0.6 is 0 Å². The van der Waals surface area contributed by atoms with E-state index in [0.29, 0.717) is 40.1 Å². The fourth-order valence-corrected chi connectivity index (χ4v) is 4.65. The molecule has 1 atom stereocenters. The number of benzene rings is 3. The fourth-order valence-electron chi connectivity index (χ4n) is 4.65. The summed E-state index contributed by atoms with van der Waals surface area (Å²) in [6.07, 6.45) is -0.516. The molecular formula is C27H25FN2O4. The fraction of sp³-hybridized carbons (Fsp3) is 0.222. The monoisotopic (exact) mass is 460 g/mol. The van der Waals surface area contributed by atoms with Gasteiger partial charge in [-0.3, -0.25) is 4.79 Å². The van der Waals surface area contributed by atoms with Gasteiger partial charge in [0.05, 0.1) is 18.7 Å². The van der Waals surface area contributed by atoms with E-state index in [2.05, 4.69) is 4.90 Å². The van der Waals surface area contributed by atoms with E-state index in [4.69, 9.17) is 14.9 Å². The molecule has 0 aliphatic carbocycles. The summed E-state index contributed by atoms with van der Waals surface area (Å²) in [7, 11) is 1.95. The lowest BCUT2D eigenvalue weighted by molar-refractivity contribution is -0.136. The summed E-state index contributed by atoms with van der Waals surface area (Å²) in [6.45, 7) is 2.51. The number of aryl methyl sites for hydroxylation is 1. The van der Waals surface area contributed by atoms with Crippen molar-refractivity contribution in [2.75, 3.05) is 18.5 Å². The molecule has 0 amide bonds. The number of hydrogen-bond acceptors (Lipinski definition) is 5. The van der Waals surface area contributed by atoms with Crippen LogP contribution in [0.2, 0.25) is 0 Å². The SMILES string of the molecule is Cc1cc2cc(C3CN(C)c4cccc(CC(=O)O)c4O3)cc(-c3cccc(CN)c3F)c2o1. The lowest BCUT2D eigenvalue weighted by Gasteiger charge is -2.35. The van der Waals surface area contributed by atoms with E-state index in [9.17, 15) is 9.90 Å². The third-order valence-electron chi connectivity index (χ3n) is 6.25. The van der Waals surface area contributed by atoms with E-state index in [1.807, 2.05) is 44.3 Å². The third kappa shape index (κ3) is 3.78. The van der Waals surface area contributed by atoms with Crippen molar-refractivity contribution in [3.8, 4) is 16.9 Å². The largest absolute Gasteiger partial charge is 0.481 e. The zero-order valence-electron chi connectivity index (χ0n) is 19.0.